The van der Waals surface area contributed by atoms with Gasteiger partial charge >= 0.3 is 0 Å². The van der Waals surface area contributed by atoms with E-state index in [9.17, 15) is 5.11 Å². The van der Waals surface area contributed by atoms with E-state index in [1.807, 2.05) is 23.9 Å². The molecule has 0 saturated carbocycles. The molecule has 3 heteroatoms. The minimum absolute atomic E-state index is 0.127. The fourth-order valence-corrected chi connectivity index (χ4v) is 4.91. The van der Waals surface area contributed by atoms with Gasteiger partial charge in [0.2, 0.25) is 0 Å². The summed E-state index contributed by atoms with van der Waals surface area (Å²) in [6.45, 7) is 2.11. The highest BCUT2D eigenvalue weighted by atomic mass is 32.2. The van der Waals surface area contributed by atoms with Crippen LogP contribution in [0.15, 0.2) is 42.5 Å². The van der Waals surface area contributed by atoms with Gasteiger partial charge in [0.25, 0.3) is 0 Å². The number of aryl methyl sites for hydroxylation is 1. The van der Waals surface area contributed by atoms with Crippen LogP contribution in [-0.4, -0.2) is 16.6 Å². The maximum atomic E-state index is 9.76. The molecule has 1 N–H and O–H groups in total. The average Bonchev–Trinajstić information content (AvgIpc) is 2.97. The number of fused-ring (bicyclic) bond motifs is 3. The first-order valence-corrected chi connectivity index (χ1v) is 8.52. The van der Waals surface area contributed by atoms with Crippen LogP contribution >= 0.6 is 11.8 Å². The standard InChI is InChI=1S/C18H18O2S/c1-11-2-4-12(5-3-11)18-16-10-21-9-15(16)14-8-13(19)6-7-17(14)20-18/h2-8,15-16,18-19H,9-10H2,1H3/t15-,16-,18-/m0/s1. The summed E-state index contributed by atoms with van der Waals surface area (Å²) in [6, 6.07) is 14.2. The van der Waals surface area contributed by atoms with Gasteiger partial charge in [-0.15, -0.1) is 0 Å². The van der Waals surface area contributed by atoms with E-state index in [1.165, 1.54) is 16.7 Å². The van der Waals surface area contributed by atoms with E-state index in [1.54, 1.807) is 6.07 Å². The number of ether oxygens (including phenoxy) is 1. The Hall–Kier alpha value is -1.61. The van der Waals surface area contributed by atoms with Crippen molar-refractivity contribution in [2.45, 2.75) is 18.9 Å². The van der Waals surface area contributed by atoms with Crippen molar-refractivity contribution >= 4 is 11.8 Å². The first kappa shape index (κ1) is 13.1. The summed E-state index contributed by atoms with van der Waals surface area (Å²) in [5.41, 5.74) is 3.71. The van der Waals surface area contributed by atoms with Gasteiger partial charge in [-0.2, -0.15) is 11.8 Å². The molecule has 21 heavy (non-hydrogen) atoms. The Balaban J connectivity index is 1.77. The van der Waals surface area contributed by atoms with Crippen molar-refractivity contribution in [1.29, 1.82) is 0 Å². The fraction of sp³-hybridized carbons (Fsp3) is 0.333. The normalized spacial score (nSPS) is 26.8. The van der Waals surface area contributed by atoms with Crippen LogP contribution in [-0.2, 0) is 0 Å². The van der Waals surface area contributed by atoms with Gasteiger partial charge in [0.1, 0.15) is 17.6 Å². The molecule has 2 nitrogen and oxygen atoms in total. The third kappa shape index (κ3) is 2.20. The summed E-state index contributed by atoms with van der Waals surface area (Å²) in [7, 11) is 0. The largest absolute Gasteiger partial charge is 0.508 e. The second-order valence-corrected chi connectivity index (χ2v) is 7.05. The van der Waals surface area contributed by atoms with E-state index in [2.05, 4.69) is 31.2 Å². The maximum Gasteiger partial charge on any atom is 0.128 e. The molecule has 2 aliphatic rings. The number of rotatable bonds is 1. The molecule has 0 amide bonds. The summed E-state index contributed by atoms with van der Waals surface area (Å²) in [6.07, 6.45) is 0.127. The number of hydrogen-bond donors (Lipinski definition) is 1. The first-order valence-electron chi connectivity index (χ1n) is 7.36. The molecule has 2 aliphatic heterocycles. The van der Waals surface area contributed by atoms with Gasteiger partial charge in [-0.1, -0.05) is 29.8 Å². The quantitative estimate of drug-likeness (QED) is 0.852. The summed E-state index contributed by atoms with van der Waals surface area (Å²) in [5, 5.41) is 9.76. The number of phenolic OH excluding ortho intramolecular Hbond substituents is 1. The van der Waals surface area contributed by atoms with Crippen molar-refractivity contribution in [3.8, 4) is 11.5 Å². The lowest BCUT2D eigenvalue weighted by molar-refractivity contribution is 0.114. The number of aromatic hydroxyl groups is 1. The Labute approximate surface area is 129 Å². The molecular formula is C18H18O2S. The molecule has 0 aliphatic carbocycles. The van der Waals surface area contributed by atoms with Crippen LogP contribution in [0.1, 0.15) is 28.7 Å². The highest BCUT2D eigenvalue weighted by Crippen LogP contribution is 2.52. The lowest BCUT2D eigenvalue weighted by Crippen LogP contribution is -2.29. The third-order valence-electron chi connectivity index (χ3n) is 4.57. The Kier molecular flexibility index (Phi) is 3.11. The number of phenols is 1. The van der Waals surface area contributed by atoms with E-state index in [0.717, 1.165) is 17.3 Å². The van der Waals surface area contributed by atoms with Crippen molar-refractivity contribution < 1.29 is 9.84 Å². The summed E-state index contributed by atoms with van der Waals surface area (Å²) in [5.74, 6) is 4.48. The molecule has 2 heterocycles. The summed E-state index contributed by atoms with van der Waals surface area (Å²) in [4.78, 5) is 0. The van der Waals surface area contributed by atoms with E-state index < -0.39 is 0 Å². The number of thioether (sulfide) groups is 1. The Morgan fingerprint density at radius 1 is 1.10 bits per heavy atom. The molecule has 0 bridgehead atoms. The monoisotopic (exact) mass is 298 g/mol. The predicted molar refractivity (Wildman–Crippen MR) is 86.2 cm³/mol. The van der Waals surface area contributed by atoms with Crippen LogP contribution in [0.5, 0.6) is 11.5 Å². The van der Waals surface area contributed by atoms with E-state index in [4.69, 9.17) is 4.74 Å². The van der Waals surface area contributed by atoms with Gasteiger partial charge in [0.15, 0.2) is 0 Å². The van der Waals surface area contributed by atoms with Gasteiger partial charge in [0, 0.05) is 28.9 Å². The zero-order valence-electron chi connectivity index (χ0n) is 12.0. The predicted octanol–water partition coefficient (Wildman–Crippen LogP) is 4.28. The zero-order chi connectivity index (χ0) is 14.4. The second-order valence-electron chi connectivity index (χ2n) is 5.98. The molecule has 108 valence electrons. The number of hydrogen-bond acceptors (Lipinski definition) is 3. The smallest absolute Gasteiger partial charge is 0.128 e. The molecular weight excluding hydrogens is 280 g/mol. The third-order valence-corrected chi connectivity index (χ3v) is 5.78. The molecule has 0 aromatic heterocycles. The lowest BCUT2D eigenvalue weighted by atomic mass is 9.80. The zero-order valence-corrected chi connectivity index (χ0v) is 12.8. The van der Waals surface area contributed by atoms with Crippen LogP contribution in [0.4, 0.5) is 0 Å². The highest BCUT2D eigenvalue weighted by Gasteiger charge is 2.42. The van der Waals surface area contributed by atoms with E-state index in [0.29, 0.717) is 17.6 Å². The minimum atomic E-state index is 0.127. The molecule has 1 saturated heterocycles. The van der Waals surface area contributed by atoms with Gasteiger partial charge in [-0.3, -0.25) is 0 Å². The van der Waals surface area contributed by atoms with Gasteiger partial charge in [-0.05, 0) is 30.7 Å². The van der Waals surface area contributed by atoms with Crippen LogP contribution in [0.3, 0.4) is 0 Å². The first-order chi connectivity index (χ1) is 10.2. The fourth-order valence-electron chi connectivity index (χ4n) is 3.42. The molecule has 2 aromatic carbocycles. The highest BCUT2D eigenvalue weighted by molar-refractivity contribution is 7.99. The summed E-state index contributed by atoms with van der Waals surface area (Å²) >= 11 is 1.99. The maximum absolute atomic E-state index is 9.76. The van der Waals surface area contributed by atoms with Crippen LogP contribution in [0.2, 0.25) is 0 Å². The average molecular weight is 298 g/mol. The molecule has 4 rings (SSSR count). The SMILES string of the molecule is Cc1ccc([C@@H]2Oc3ccc(O)cc3[C@@H]3CSC[C@@H]32)cc1. The van der Waals surface area contributed by atoms with Gasteiger partial charge in [0.05, 0.1) is 0 Å². The molecule has 0 unspecified atom stereocenters. The second kappa shape index (κ2) is 4.99. The van der Waals surface area contributed by atoms with E-state index >= 15 is 0 Å². The molecule has 2 aromatic rings. The Morgan fingerprint density at radius 3 is 2.71 bits per heavy atom. The number of benzene rings is 2. The van der Waals surface area contributed by atoms with Crippen molar-refractivity contribution in [2.75, 3.05) is 11.5 Å². The van der Waals surface area contributed by atoms with Crippen molar-refractivity contribution in [3.63, 3.8) is 0 Å². The van der Waals surface area contributed by atoms with Crippen LogP contribution < -0.4 is 4.74 Å². The van der Waals surface area contributed by atoms with Crippen molar-refractivity contribution in [1.82, 2.24) is 0 Å². The Bertz CT molecular complexity index is 665. The van der Waals surface area contributed by atoms with Crippen molar-refractivity contribution in [2.24, 2.45) is 5.92 Å². The van der Waals surface area contributed by atoms with E-state index in [-0.39, 0.29) is 6.10 Å². The summed E-state index contributed by atoms with van der Waals surface area (Å²) < 4.78 is 6.30. The van der Waals surface area contributed by atoms with Crippen LogP contribution in [0.25, 0.3) is 0 Å². The van der Waals surface area contributed by atoms with Crippen molar-refractivity contribution in [3.05, 3.63) is 59.2 Å². The van der Waals surface area contributed by atoms with Gasteiger partial charge in [-0.25, -0.2) is 0 Å². The van der Waals surface area contributed by atoms with Crippen LogP contribution in [0, 0.1) is 12.8 Å². The molecule has 0 radical (unpaired) electrons. The van der Waals surface area contributed by atoms with Gasteiger partial charge < -0.3 is 9.84 Å². The minimum Gasteiger partial charge on any atom is -0.508 e. The topological polar surface area (TPSA) is 29.5 Å². The Morgan fingerprint density at radius 2 is 1.90 bits per heavy atom. The molecule has 1 fully saturated rings. The molecule has 0 spiro atoms. The molecule has 3 atom stereocenters. The lowest BCUT2D eigenvalue weighted by Gasteiger charge is -2.36.